The van der Waals surface area contributed by atoms with Crippen LogP contribution in [-0.2, 0) is 9.53 Å². The van der Waals surface area contributed by atoms with Crippen molar-refractivity contribution in [3.8, 4) is 0 Å². The minimum Gasteiger partial charge on any atom is -0.385 e. The zero-order valence-corrected chi connectivity index (χ0v) is 8.64. The molecule has 72 valence electrons. The number of carbonyl (C=O) groups is 1. The molecule has 0 rings (SSSR count). The van der Waals surface area contributed by atoms with Crippen molar-refractivity contribution in [2.24, 2.45) is 0 Å². The average Bonchev–Trinajstić information content (AvgIpc) is 2.05. The topological polar surface area (TPSA) is 29.5 Å². The molecule has 0 heterocycles. The van der Waals surface area contributed by atoms with E-state index in [-0.39, 0.29) is 5.91 Å². The number of hydrogen-bond acceptors (Lipinski definition) is 3. The van der Waals surface area contributed by atoms with Crippen LogP contribution in [0.2, 0.25) is 0 Å². The molecule has 0 aromatic heterocycles. The van der Waals surface area contributed by atoms with E-state index in [1.165, 1.54) is 0 Å². The molecule has 0 saturated carbocycles. The highest BCUT2D eigenvalue weighted by atomic mass is 32.1. The molecule has 0 fully saturated rings. The number of hydrogen-bond donors (Lipinski definition) is 1. The standard InChI is InChI=1S/C8H17NO2S/c1-9(5-3-6-11-2)8(10)4-7-12/h12H,3-7H2,1-2H3. The number of rotatable bonds is 6. The Bertz CT molecular complexity index is 130. The van der Waals surface area contributed by atoms with E-state index >= 15 is 0 Å². The molecular weight excluding hydrogens is 174 g/mol. The number of carbonyl (C=O) groups excluding carboxylic acids is 1. The second kappa shape index (κ2) is 7.43. The van der Waals surface area contributed by atoms with Crippen LogP contribution < -0.4 is 0 Å². The first-order chi connectivity index (χ1) is 5.72. The number of nitrogens with zero attached hydrogens (tertiary/aromatic N) is 1. The molecule has 3 nitrogen and oxygen atoms in total. The Balaban J connectivity index is 3.42. The van der Waals surface area contributed by atoms with Gasteiger partial charge in [0.2, 0.25) is 5.91 Å². The van der Waals surface area contributed by atoms with Crippen molar-refractivity contribution in [3.63, 3.8) is 0 Å². The summed E-state index contributed by atoms with van der Waals surface area (Å²) >= 11 is 3.99. The summed E-state index contributed by atoms with van der Waals surface area (Å²) < 4.78 is 4.88. The highest BCUT2D eigenvalue weighted by molar-refractivity contribution is 7.80. The molecule has 0 aliphatic heterocycles. The van der Waals surface area contributed by atoms with Gasteiger partial charge in [-0.15, -0.1) is 0 Å². The van der Waals surface area contributed by atoms with Crippen molar-refractivity contribution in [2.75, 3.05) is 33.1 Å². The third-order valence-corrected chi connectivity index (χ3v) is 1.82. The van der Waals surface area contributed by atoms with Crippen molar-refractivity contribution in [1.29, 1.82) is 0 Å². The van der Waals surface area contributed by atoms with Gasteiger partial charge in [-0.05, 0) is 12.2 Å². The second-order valence-corrected chi connectivity index (χ2v) is 3.08. The quantitative estimate of drug-likeness (QED) is 0.497. The molecule has 0 aliphatic carbocycles. The summed E-state index contributed by atoms with van der Waals surface area (Å²) in [6, 6.07) is 0. The minimum absolute atomic E-state index is 0.154. The van der Waals surface area contributed by atoms with Crippen molar-refractivity contribution in [1.82, 2.24) is 4.90 Å². The van der Waals surface area contributed by atoms with E-state index in [1.54, 1.807) is 19.1 Å². The fourth-order valence-electron chi connectivity index (χ4n) is 0.857. The van der Waals surface area contributed by atoms with Crippen LogP contribution in [0.25, 0.3) is 0 Å². The molecule has 0 aromatic carbocycles. The summed E-state index contributed by atoms with van der Waals surface area (Å²) in [4.78, 5) is 12.9. The zero-order valence-electron chi connectivity index (χ0n) is 7.75. The first kappa shape index (κ1) is 11.8. The third-order valence-electron chi connectivity index (χ3n) is 1.59. The van der Waals surface area contributed by atoms with Crippen LogP contribution >= 0.6 is 12.6 Å². The van der Waals surface area contributed by atoms with Gasteiger partial charge < -0.3 is 9.64 Å². The Morgan fingerprint density at radius 2 is 2.25 bits per heavy atom. The zero-order chi connectivity index (χ0) is 9.40. The van der Waals surface area contributed by atoms with Gasteiger partial charge in [0, 0.05) is 33.7 Å². The van der Waals surface area contributed by atoms with E-state index in [2.05, 4.69) is 12.6 Å². The highest BCUT2D eigenvalue weighted by Gasteiger charge is 2.05. The van der Waals surface area contributed by atoms with Gasteiger partial charge in [-0.1, -0.05) is 0 Å². The predicted octanol–water partition coefficient (Wildman–Crippen LogP) is 0.801. The first-order valence-electron chi connectivity index (χ1n) is 4.06. The monoisotopic (exact) mass is 191 g/mol. The van der Waals surface area contributed by atoms with Crippen molar-refractivity contribution in [3.05, 3.63) is 0 Å². The number of thiol groups is 1. The maximum atomic E-state index is 11.2. The van der Waals surface area contributed by atoms with Gasteiger partial charge in [0.25, 0.3) is 0 Å². The fraction of sp³-hybridized carbons (Fsp3) is 0.875. The van der Waals surface area contributed by atoms with Crippen molar-refractivity contribution in [2.45, 2.75) is 12.8 Å². The van der Waals surface area contributed by atoms with Crippen LogP contribution in [0.3, 0.4) is 0 Å². The summed E-state index contributed by atoms with van der Waals surface area (Å²) in [7, 11) is 3.47. The Hall–Kier alpha value is -0.220. The van der Waals surface area contributed by atoms with E-state index in [1.807, 2.05) is 0 Å². The van der Waals surface area contributed by atoms with Gasteiger partial charge in [0.05, 0.1) is 0 Å². The van der Waals surface area contributed by atoms with E-state index < -0.39 is 0 Å². The molecule has 4 heteroatoms. The smallest absolute Gasteiger partial charge is 0.223 e. The first-order valence-corrected chi connectivity index (χ1v) is 4.69. The summed E-state index contributed by atoms with van der Waals surface area (Å²) in [6.07, 6.45) is 1.41. The molecule has 0 bridgehead atoms. The van der Waals surface area contributed by atoms with Crippen LogP contribution in [0.1, 0.15) is 12.8 Å². The Morgan fingerprint density at radius 1 is 1.58 bits per heavy atom. The van der Waals surface area contributed by atoms with Crippen LogP contribution in [-0.4, -0.2) is 43.9 Å². The molecule has 12 heavy (non-hydrogen) atoms. The fourth-order valence-corrected chi connectivity index (χ4v) is 1.05. The molecule has 0 N–H and O–H groups in total. The lowest BCUT2D eigenvalue weighted by molar-refractivity contribution is -0.129. The van der Waals surface area contributed by atoms with Gasteiger partial charge in [-0.2, -0.15) is 12.6 Å². The molecule has 0 atom stereocenters. The highest BCUT2D eigenvalue weighted by Crippen LogP contribution is 1.94. The van der Waals surface area contributed by atoms with Gasteiger partial charge in [0.15, 0.2) is 0 Å². The van der Waals surface area contributed by atoms with Crippen molar-refractivity contribution < 1.29 is 9.53 Å². The molecule has 0 saturated heterocycles. The van der Waals surface area contributed by atoms with Gasteiger partial charge in [-0.25, -0.2) is 0 Å². The Morgan fingerprint density at radius 3 is 2.75 bits per heavy atom. The summed E-state index contributed by atoms with van der Waals surface area (Å²) in [5.41, 5.74) is 0. The van der Waals surface area contributed by atoms with Crippen LogP contribution in [0.5, 0.6) is 0 Å². The van der Waals surface area contributed by atoms with E-state index in [9.17, 15) is 4.79 Å². The maximum Gasteiger partial charge on any atom is 0.223 e. The van der Waals surface area contributed by atoms with Crippen LogP contribution in [0.15, 0.2) is 0 Å². The SMILES string of the molecule is COCCCN(C)C(=O)CCS. The molecular formula is C8H17NO2S. The molecule has 0 aromatic rings. The lowest BCUT2D eigenvalue weighted by Gasteiger charge is -2.15. The third kappa shape index (κ3) is 5.43. The van der Waals surface area contributed by atoms with E-state index in [0.717, 1.165) is 13.0 Å². The number of methoxy groups -OCH3 is 1. The molecule has 0 spiro atoms. The minimum atomic E-state index is 0.154. The summed E-state index contributed by atoms with van der Waals surface area (Å²) in [5, 5.41) is 0. The van der Waals surface area contributed by atoms with E-state index in [4.69, 9.17) is 4.74 Å². The lowest BCUT2D eigenvalue weighted by atomic mass is 10.3. The largest absolute Gasteiger partial charge is 0.385 e. The molecule has 0 aliphatic rings. The van der Waals surface area contributed by atoms with Gasteiger partial charge in [-0.3, -0.25) is 4.79 Å². The predicted molar refractivity (Wildman–Crippen MR) is 52.6 cm³/mol. The molecule has 0 radical (unpaired) electrons. The van der Waals surface area contributed by atoms with Crippen LogP contribution in [0.4, 0.5) is 0 Å². The summed E-state index contributed by atoms with van der Waals surface area (Å²) in [6.45, 7) is 1.47. The molecule has 1 amide bonds. The summed E-state index contributed by atoms with van der Waals surface area (Å²) in [5.74, 6) is 0.772. The number of amides is 1. The van der Waals surface area contributed by atoms with Gasteiger partial charge >= 0.3 is 0 Å². The van der Waals surface area contributed by atoms with Gasteiger partial charge in [0.1, 0.15) is 0 Å². The maximum absolute atomic E-state index is 11.2. The average molecular weight is 191 g/mol. The Labute approximate surface area is 79.5 Å². The lowest BCUT2D eigenvalue weighted by Crippen LogP contribution is -2.28. The Kier molecular flexibility index (Phi) is 7.29. The number of ether oxygens (including phenoxy) is 1. The second-order valence-electron chi connectivity index (χ2n) is 2.64. The van der Waals surface area contributed by atoms with Crippen molar-refractivity contribution >= 4 is 18.5 Å². The van der Waals surface area contributed by atoms with Crippen LogP contribution in [0, 0.1) is 0 Å². The molecule has 0 unspecified atom stereocenters. The van der Waals surface area contributed by atoms with E-state index in [0.29, 0.717) is 18.8 Å². The normalized spacial score (nSPS) is 9.92.